The lowest BCUT2D eigenvalue weighted by atomic mass is 9.91. The first-order valence-corrected chi connectivity index (χ1v) is 7.60. The molecular weight excluding hydrogens is 340 g/mol. The third kappa shape index (κ3) is 2.63. The molecule has 6 heteroatoms. The highest BCUT2D eigenvalue weighted by Gasteiger charge is 2.41. The van der Waals surface area contributed by atoms with Gasteiger partial charge in [-0.05, 0) is 40.8 Å². The monoisotopic (exact) mass is 350 g/mol. The van der Waals surface area contributed by atoms with Crippen LogP contribution in [0.3, 0.4) is 0 Å². The molecular formula is C12H12BrClO3S. The molecule has 3 unspecified atom stereocenters. The Bertz CT molecular complexity index is 480. The van der Waals surface area contributed by atoms with Crippen molar-refractivity contribution in [2.75, 3.05) is 0 Å². The number of thiophene rings is 1. The summed E-state index contributed by atoms with van der Waals surface area (Å²) in [6, 6.07) is 1.68. The molecule has 1 aliphatic carbocycles. The quantitative estimate of drug-likeness (QED) is 0.834. The highest BCUT2D eigenvalue weighted by molar-refractivity contribution is 9.10. The van der Waals surface area contributed by atoms with Crippen LogP contribution in [0, 0.1) is 17.8 Å². The van der Waals surface area contributed by atoms with E-state index in [4.69, 9.17) is 11.6 Å². The van der Waals surface area contributed by atoms with Crippen molar-refractivity contribution in [3.63, 3.8) is 0 Å². The van der Waals surface area contributed by atoms with Crippen LogP contribution in [-0.4, -0.2) is 16.9 Å². The van der Waals surface area contributed by atoms with Gasteiger partial charge in [0.25, 0.3) is 0 Å². The van der Waals surface area contributed by atoms with Gasteiger partial charge in [0, 0.05) is 10.4 Å². The Labute approximate surface area is 122 Å². The molecule has 1 N–H and O–H groups in total. The normalized spacial score (nSPS) is 27.4. The summed E-state index contributed by atoms with van der Waals surface area (Å²) in [5.41, 5.74) is 0. The standard InChI is InChI=1S/C12H12BrClO3S/c1-5-2-6(7(3-5)12(16)17)10(15)9-4-8(13)11(14)18-9/h4-7H,2-3H2,1H3,(H,16,17). The summed E-state index contributed by atoms with van der Waals surface area (Å²) in [6.45, 7) is 1.99. The Morgan fingerprint density at radius 1 is 1.44 bits per heavy atom. The van der Waals surface area contributed by atoms with Gasteiger partial charge >= 0.3 is 5.97 Å². The SMILES string of the molecule is CC1CC(C(=O)O)C(C(=O)c2cc(Br)c(Cl)s2)C1. The lowest BCUT2D eigenvalue weighted by molar-refractivity contribution is -0.142. The van der Waals surface area contributed by atoms with Crippen LogP contribution in [0.4, 0.5) is 0 Å². The van der Waals surface area contributed by atoms with Crippen molar-refractivity contribution in [3.05, 3.63) is 19.8 Å². The Balaban J connectivity index is 2.25. The first-order valence-electron chi connectivity index (χ1n) is 5.62. The van der Waals surface area contributed by atoms with E-state index in [9.17, 15) is 14.7 Å². The molecule has 18 heavy (non-hydrogen) atoms. The predicted molar refractivity (Wildman–Crippen MR) is 74.4 cm³/mol. The Kier molecular flexibility index (Phi) is 4.14. The van der Waals surface area contributed by atoms with E-state index in [0.717, 1.165) is 0 Å². The van der Waals surface area contributed by atoms with Crippen LogP contribution in [0.25, 0.3) is 0 Å². The maximum atomic E-state index is 12.3. The number of halogens is 2. The molecule has 0 aliphatic heterocycles. The number of aliphatic carboxylic acids is 1. The first kappa shape index (κ1) is 14.0. The minimum atomic E-state index is -0.876. The van der Waals surface area contributed by atoms with Crippen molar-refractivity contribution in [1.82, 2.24) is 0 Å². The van der Waals surface area contributed by atoms with Gasteiger partial charge in [-0.25, -0.2) is 0 Å². The number of carbonyl (C=O) groups excluding carboxylic acids is 1. The highest BCUT2D eigenvalue weighted by Crippen LogP contribution is 2.41. The number of carboxylic acid groups (broad SMARTS) is 1. The van der Waals surface area contributed by atoms with Crippen molar-refractivity contribution in [2.45, 2.75) is 19.8 Å². The topological polar surface area (TPSA) is 54.4 Å². The van der Waals surface area contributed by atoms with E-state index in [-0.39, 0.29) is 11.7 Å². The molecule has 0 amide bonds. The minimum absolute atomic E-state index is 0.0932. The third-order valence-electron chi connectivity index (χ3n) is 3.34. The van der Waals surface area contributed by atoms with Crippen LogP contribution in [0.5, 0.6) is 0 Å². The maximum Gasteiger partial charge on any atom is 0.307 e. The van der Waals surface area contributed by atoms with Gasteiger partial charge in [0.1, 0.15) is 4.34 Å². The van der Waals surface area contributed by atoms with Crippen LogP contribution in [0.15, 0.2) is 10.5 Å². The second kappa shape index (κ2) is 5.31. The van der Waals surface area contributed by atoms with Gasteiger partial charge in [0.05, 0.1) is 10.8 Å². The van der Waals surface area contributed by atoms with Gasteiger partial charge in [-0.15, -0.1) is 11.3 Å². The Morgan fingerprint density at radius 3 is 2.56 bits per heavy atom. The molecule has 1 saturated carbocycles. The number of carbonyl (C=O) groups is 2. The zero-order valence-electron chi connectivity index (χ0n) is 9.65. The first-order chi connectivity index (χ1) is 8.40. The van der Waals surface area contributed by atoms with Crippen molar-refractivity contribution in [2.24, 2.45) is 17.8 Å². The molecule has 1 fully saturated rings. The molecule has 1 aromatic rings. The van der Waals surface area contributed by atoms with Gasteiger partial charge < -0.3 is 5.11 Å². The van der Waals surface area contributed by atoms with Crippen molar-refractivity contribution in [3.8, 4) is 0 Å². The van der Waals surface area contributed by atoms with Crippen LogP contribution in [-0.2, 0) is 4.79 Å². The van der Waals surface area contributed by atoms with E-state index in [1.165, 1.54) is 11.3 Å². The summed E-state index contributed by atoms with van der Waals surface area (Å²) < 4.78 is 1.21. The summed E-state index contributed by atoms with van der Waals surface area (Å²) in [6.07, 6.45) is 1.22. The van der Waals surface area contributed by atoms with E-state index in [2.05, 4.69) is 15.9 Å². The molecule has 0 saturated heterocycles. The summed E-state index contributed by atoms with van der Waals surface area (Å²) in [7, 11) is 0. The molecule has 0 spiro atoms. The second-order valence-corrected chi connectivity index (χ2v) is 7.23. The summed E-state index contributed by atoms with van der Waals surface area (Å²) in [4.78, 5) is 24.1. The van der Waals surface area contributed by atoms with Crippen molar-refractivity contribution >= 4 is 50.6 Å². The largest absolute Gasteiger partial charge is 0.481 e. The van der Waals surface area contributed by atoms with Gasteiger partial charge in [0.2, 0.25) is 0 Å². The number of ketones is 1. The molecule has 3 nitrogen and oxygen atoms in total. The lowest BCUT2D eigenvalue weighted by Crippen LogP contribution is -2.24. The van der Waals surface area contributed by atoms with Gasteiger partial charge in [-0.2, -0.15) is 0 Å². The van der Waals surface area contributed by atoms with E-state index in [0.29, 0.717) is 26.5 Å². The fourth-order valence-electron chi connectivity index (χ4n) is 2.51. The molecule has 0 aromatic carbocycles. The molecule has 1 aliphatic rings. The molecule has 2 rings (SSSR count). The Morgan fingerprint density at radius 2 is 2.06 bits per heavy atom. The lowest BCUT2D eigenvalue weighted by Gasteiger charge is -2.12. The smallest absolute Gasteiger partial charge is 0.307 e. The third-order valence-corrected chi connectivity index (χ3v) is 5.83. The molecule has 1 heterocycles. The summed E-state index contributed by atoms with van der Waals surface area (Å²) in [5.74, 6) is -1.67. The van der Waals surface area contributed by atoms with E-state index >= 15 is 0 Å². The molecule has 1 aromatic heterocycles. The van der Waals surface area contributed by atoms with Crippen LogP contribution in [0.1, 0.15) is 29.4 Å². The number of rotatable bonds is 3. The fourth-order valence-corrected chi connectivity index (χ4v) is 4.21. The van der Waals surface area contributed by atoms with Crippen LogP contribution in [0.2, 0.25) is 4.34 Å². The van der Waals surface area contributed by atoms with Gasteiger partial charge in [0.15, 0.2) is 5.78 Å². The van der Waals surface area contributed by atoms with Crippen molar-refractivity contribution < 1.29 is 14.7 Å². The molecule has 0 radical (unpaired) electrons. The van der Waals surface area contributed by atoms with E-state index in [1.54, 1.807) is 6.07 Å². The second-order valence-electron chi connectivity index (χ2n) is 4.72. The number of hydrogen-bond acceptors (Lipinski definition) is 3. The zero-order chi connectivity index (χ0) is 13.4. The average Bonchev–Trinajstić information content (AvgIpc) is 2.82. The minimum Gasteiger partial charge on any atom is -0.481 e. The van der Waals surface area contributed by atoms with E-state index < -0.39 is 17.8 Å². The summed E-state index contributed by atoms with van der Waals surface area (Å²) >= 11 is 10.4. The fraction of sp³-hybridized carbons (Fsp3) is 0.500. The summed E-state index contributed by atoms with van der Waals surface area (Å²) in [5, 5.41) is 9.17. The van der Waals surface area contributed by atoms with Gasteiger partial charge in [-0.3, -0.25) is 9.59 Å². The van der Waals surface area contributed by atoms with Crippen LogP contribution < -0.4 is 0 Å². The highest BCUT2D eigenvalue weighted by atomic mass is 79.9. The predicted octanol–water partition coefficient (Wildman–Crippen LogP) is 4.09. The van der Waals surface area contributed by atoms with Gasteiger partial charge in [-0.1, -0.05) is 18.5 Å². The molecule has 98 valence electrons. The molecule has 0 bridgehead atoms. The van der Waals surface area contributed by atoms with Crippen molar-refractivity contribution in [1.29, 1.82) is 0 Å². The van der Waals surface area contributed by atoms with E-state index in [1.807, 2.05) is 6.92 Å². The maximum absolute atomic E-state index is 12.3. The average molecular weight is 352 g/mol. The zero-order valence-corrected chi connectivity index (χ0v) is 12.8. The number of Topliss-reactive ketones (excluding diaryl/α,β-unsaturated/α-hetero) is 1. The molecule has 3 atom stereocenters. The number of carboxylic acids is 1. The number of hydrogen-bond donors (Lipinski definition) is 1. The van der Waals surface area contributed by atoms with Crippen LogP contribution >= 0.6 is 38.9 Å². The Hall–Kier alpha value is -0.390.